The zero-order chi connectivity index (χ0) is 15.0. The summed E-state index contributed by atoms with van der Waals surface area (Å²) in [6, 6.07) is 0.726. The second-order valence-electron chi connectivity index (χ2n) is 7.40. The van der Waals surface area contributed by atoms with E-state index in [2.05, 4.69) is 24.2 Å². The lowest BCUT2D eigenvalue weighted by atomic mass is 9.83. The Morgan fingerprint density at radius 1 is 0.905 bits per heavy atom. The largest absolute Gasteiger partial charge is 0.315 e. The predicted octanol–water partition coefficient (Wildman–Crippen LogP) is 4.73. The Bertz CT molecular complexity index is 265. The molecule has 0 aromatic rings. The molecule has 124 valence electrons. The fourth-order valence-corrected chi connectivity index (χ4v) is 4.85. The van der Waals surface area contributed by atoms with E-state index in [0.717, 1.165) is 6.04 Å². The molecule has 1 saturated heterocycles. The minimum Gasteiger partial charge on any atom is -0.315 e. The first-order valence-corrected chi connectivity index (χ1v) is 9.76. The summed E-state index contributed by atoms with van der Waals surface area (Å²) in [5, 5.41) is 3.72. The van der Waals surface area contributed by atoms with Crippen molar-refractivity contribution in [2.75, 3.05) is 20.1 Å². The van der Waals surface area contributed by atoms with Crippen molar-refractivity contribution < 1.29 is 0 Å². The molecular weight excluding hydrogens is 256 g/mol. The zero-order valence-electron chi connectivity index (χ0n) is 14.6. The molecular formula is C19H38N2. The van der Waals surface area contributed by atoms with E-state index >= 15 is 0 Å². The lowest BCUT2D eigenvalue weighted by Crippen LogP contribution is -2.58. The van der Waals surface area contributed by atoms with Crippen LogP contribution in [0.15, 0.2) is 0 Å². The number of nitrogens with one attached hydrogen (secondary N) is 1. The topological polar surface area (TPSA) is 15.3 Å². The summed E-state index contributed by atoms with van der Waals surface area (Å²) in [5.74, 6) is 0. The predicted molar refractivity (Wildman–Crippen MR) is 92.8 cm³/mol. The fourth-order valence-electron chi connectivity index (χ4n) is 4.85. The van der Waals surface area contributed by atoms with E-state index in [4.69, 9.17) is 0 Å². The summed E-state index contributed by atoms with van der Waals surface area (Å²) in [5.41, 5.74) is 0.509. The van der Waals surface area contributed by atoms with Crippen molar-refractivity contribution in [3.63, 3.8) is 0 Å². The van der Waals surface area contributed by atoms with Crippen LogP contribution in [0.5, 0.6) is 0 Å². The Kier molecular flexibility index (Phi) is 7.53. The fraction of sp³-hybridized carbons (Fsp3) is 1.00. The number of hydrogen-bond donors (Lipinski definition) is 1. The number of likely N-dealkylation sites (tertiary alicyclic amines) is 1. The summed E-state index contributed by atoms with van der Waals surface area (Å²) >= 11 is 0. The molecule has 2 heteroatoms. The SMILES string of the molecule is CCCCCCCCC(NC)C1(N2CCCC2)CCCC1. The minimum atomic E-state index is 0.509. The lowest BCUT2D eigenvalue weighted by Gasteiger charge is -2.45. The Labute approximate surface area is 133 Å². The second-order valence-corrected chi connectivity index (χ2v) is 7.40. The molecule has 0 aromatic carbocycles. The Morgan fingerprint density at radius 2 is 1.52 bits per heavy atom. The van der Waals surface area contributed by atoms with Gasteiger partial charge in [-0.15, -0.1) is 0 Å². The average Bonchev–Trinajstić information content (AvgIpc) is 3.18. The smallest absolute Gasteiger partial charge is 0.0362 e. The van der Waals surface area contributed by atoms with Crippen LogP contribution in [-0.2, 0) is 0 Å². The average molecular weight is 295 g/mol. The molecule has 1 aliphatic carbocycles. The highest BCUT2D eigenvalue weighted by Crippen LogP contribution is 2.41. The van der Waals surface area contributed by atoms with Crippen LogP contribution in [0.3, 0.4) is 0 Å². The van der Waals surface area contributed by atoms with E-state index < -0.39 is 0 Å². The molecule has 1 saturated carbocycles. The molecule has 2 nitrogen and oxygen atoms in total. The molecule has 0 amide bonds. The van der Waals surface area contributed by atoms with Crippen molar-refractivity contribution in [2.24, 2.45) is 0 Å². The van der Waals surface area contributed by atoms with Gasteiger partial charge in [-0.3, -0.25) is 4.90 Å². The minimum absolute atomic E-state index is 0.509. The summed E-state index contributed by atoms with van der Waals surface area (Å²) in [6.45, 7) is 5.01. The molecule has 1 atom stereocenters. The molecule has 1 N–H and O–H groups in total. The van der Waals surface area contributed by atoms with Crippen LogP contribution in [0.2, 0.25) is 0 Å². The first-order chi connectivity index (χ1) is 10.3. The van der Waals surface area contributed by atoms with Gasteiger partial charge in [-0.05, 0) is 52.2 Å². The van der Waals surface area contributed by atoms with Crippen molar-refractivity contribution in [1.82, 2.24) is 10.2 Å². The maximum Gasteiger partial charge on any atom is 0.0362 e. The van der Waals surface area contributed by atoms with Gasteiger partial charge >= 0.3 is 0 Å². The molecule has 0 aromatic heterocycles. The summed E-state index contributed by atoms with van der Waals surface area (Å²) in [6.07, 6.45) is 18.5. The standard InChI is InChI=1S/C19H38N2/c1-3-4-5-6-7-8-13-18(20-2)19(14-9-10-15-19)21-16-11-12-17-21/h18,20H,3-17H2,1-2H3. The number of unbranched alkanes of at least 4 members (excludes halogenated alkanes) is 5. The maximum atomic E-state index is 3.72. The number of nitrogens with zero attached hydrogens (tertiary/aromatic N) is 1. The number of likely N-dealkylation sites (N-methyl/N-ethyl adjacent to an activating group) is 1. The molecule has 0 spiro atoms. The monoisotopic (exact) mass is 294 g/mol. The molecule has 2 aliphatic rings. The van der Waals surface area contributed by atoms with Crippen LogP contribution < -0.4 is 5.32 Å². The van der Waals surface area contributed by atoms with Crippen LogP contribution in [-0.4, -0.2) is 36.6 Å². The molecule has 2 fully saturated rings. The molecule has 0 bridgehead atoms. The molecule has 0 radical (unpaired) electrons. The molecule has 2 rings (SSSR count). The first-order valence-electron chi connectivity index (χ1n) is 9.76. The van der Waals surface area contributed by atoms with Gasteiger partial charge in [0.05, 0.1) is 0 Å². The number of hydrogen-bond acceptors (Lipinski definition) is 2. The van der Waals surface area contributed by atoms with Crippen molar-refractivity contribution in [3.8, 4) is 0 Å². The third kappa shape index (κ3) is 4.45. The normalized spacial score (nSPS) is 23.7. The second kappa shape index (κ2) is 9.15. The van der Waals surface area contributed by atoms with Gasteiger partial charge < -0.3 is 5.32 Å². The van der Waals surface area contributed by atoms with Crippen LogP contribution in [0, 0.1) is 0 Å². The quantitative estimate of drug-likeness (QED) is 0.586. The third-order valence-corrected chi connectivity index (χ3v) is 6.05. The molecule has 1 unspecified atom stereocenters. The first kappa shape index (κ1) is 17.3. The van der Waals surface area contributed by atoms with E-state index in [9.17, 15) is 0 Å². The van der Waals surface area contributed by atoms with Gasteiger partial charge in [-0.1, -0.05) is 58.3 Å². The highest BCUT2D eigenvalue weighted by atomic mass is 15.2. The third-order valence-electron chi connectivity index (χ3n) is 6.05. The Morgan fingerprint density at radius 3 is 2.14 bits per heavy atom. The van der Waals surface area contributed by atoms with E-state index in [1.165, 1.54) is 96.6 Å². The van der Waals surface area contributed by atoms with E-state index in [1.54, 1.807) is 0 Å². The molecule has 1 heterocycles. The molecule has 1 aliphatic heterocycles. The van der Waals surface area contributed by atoms with Crippen LogP contribution in [0.4, 0.5) is 0 Å². The van der Waals surface area contributed by atoms with Crippen LogP contribution >= 0.6 is 0 Å². The van der Waals surface area contributed by atoms with Gasteiger partial charge in [-0.25, -0.2) is 0 Å². The Hall–Kier alpha value is -0.0800. The van der Waals surface area contributed by atoms with E-state index in [-0.39, 0.29) is 0 Å². The van der Waals surface area contributed by atoms with E-state index in [0.29, 0.717) is 5.54 Å². The summed E-state index contributed by atoms with van der Waals surface area (Å²) in [7, 11) is 2.21. The van der Waals surface area contributed by atoms with Gasteiger partial charge in [0.2, 0.25) is 0 Å². The van der Waals surface area contributed by atoms with Crippen molar-refractivity contribution in [2.45, 2.75) is 102 Å². The highest BCUT2D eigenvalue weighted by Gasteiger charge is 2.45. The van der Waals surface area contributed by atoms with Crippen molar-refractivity contribution in [1.29, 1.82) is 0 Å². The highest BCUT2D eigenvalue weighted by molar-refractivity contribution is 5.04. The van der Waals surface area contributed by atoms with Crippen molar-refractivity contribution in [3.05, 3.63) is 0 Å². The van der Waals surface area contributed by atoms with Gasteiger partial charge in [0.1, 0.15) is 0 Å². The van der Waals surface area contributed by atoms with E-state index in [1.807, 2.05) is 0 Å². The maximum absolute atomic E-state index is 3.72. The molecule has 21 heavy (non-hydrogen) atoms. The zero-order valence-corrected chi connectivity index (χ0v) is 14.6. The Balaban J connectivity index is 1.81. The lowest BCUT2D eigenvalue weighted by molar-refractivity contribution is 0.0750. The van der Waals surface area contributed by atoms with Gasteiger partial charge in [0.25, 0.3) is 0 Å². The van der Waals surface area contributed by atoms with Gasteiger partial charge in [-0.2, -0.15) is 0 Å². The van der Waals surface area contributed by atoms with Crippen molar-refractivity contribution >= 4 is 0 Å². The summed E-state index contributed by atoms with van der Waals surface area (Å²) < 4.78 is 0. The van der Waals surface area contributed by atoms with Gasteiger partial charge in [0, 0.05) is 11.6 Å². The van der Waals surface area contributed by atoms with Crippen LogP contribution in [0.25, 0.3) is 0 Å². The van der Waals surface area contributed by atoms with Crippen LogP contribution in [0.1, 0.15) is 90.4 Å². The van der Waals surface area contributed by atoms with Gasteiger partial charge in [0.15, 0.2) is 0 Å². The number of rotatable bonds is 10. The summed E-state index contributed by atoms with van der Waals surface area (Å²) in [4.78, 5) is 2.86.